The Morgan fingerprint density at radius 2 is 1.51 bits per heavy atom. The second-order valence-electron chi connectivity index (χ2n) is 10.0. The Bertz CT molecular complexity index is 1280. The molecule has 1 heterocycles. The van der Waals surface area contributed by atoms with Crippen LogP contribution in [0.4, 0.5) is 31.1 Å². The molecule has 0 saturated carbocycles. The number of benzene rings is 3. The van der Waals surface area contributed by atoms with Crippen LogP contribution >= 0.6 is 0 Å². The van der Waals surface area contributed by atoms with E-state index in [1.165, 1.54) is 11.8 Å². The largest absolute Gasteiger partial charge is 0.445 e. The van der Waals surface area contributed by atoms with Gasteiger partial charge in [0.1, 0.15) is 6.61 Å². The Kier molecular flexibility index (Phi) is 8.98. The molecule has 0 bridgehead atoms. The highest BCUT2D eigenvalue weighted by Gasteiger charge is 2.47. The topological polar surface area (TPSA) is 59.0 Å². The Balaban J connectivity index is 1.65. The number of carbonyl (C=O) groups is 1. The number of halogens is 6. The highest BCUT2D eigenvalue weighted by atomic mass is 19.4. The van der Waals surface area contributed by atoms with Crippen molar-refractivity contribution in [1.29, 1.82) is 0 Å². The van der Waals surface area contributed by atoms with Gasteiger partial charge in [0.05, 0.1) is 42.0 Å². The van der Waals surface area contributed by atoms with Crippen LogP contribution in [0.25, 0.3) is 0 Å². The van der Waals surface area contributed by atoms with Crippen molar-refractivity contribution in [2.24, 2.45) is 0 Å². The molecular weight excluding hydrogens is 552 g/mol. The molecule has 1 unspecified atom stereocenters. The van der Waals surface area contributed by atoms with Crippen LogP contribution in [-0.2, 0) is 34.0 Å². The lowest BCUT2D eigenvalue weighted by molar-refractivity contribution is -0.143. The average molecular weight is 582 g/mol. The van der Waals surface area contributed by atoms with Crippen molar-refractivity contribution in [2.45, 2.75) is 56.5 Å². The van der Waals surface area contributed by atoms with Crippen LogP contribution in [0.15, 0.2) is 78.9 Å². The first-order valence-electron chi connectivity index (χ1n) is 12.9. The molecule has 220 valence electrons. The lowest BCUT2D eigenvalue weighted by Crippen LogP contribution is -2.58. The minimum absolute atomic E-state index is 0.0428. The van der Waals surface area contributed by atoms with E-state index in [-0.39, 0.29) is 44.2 Å². The van der Waals surface area contributed by atoms with Gasteiger partial charge in [-0.2, -0.15) is 26.3 Å². The van der Waals surface area contributed by atoms with Crippen molar-refractivity contribution >= 4 is 6.09 Å². The number of carbonyl (C=O) groups excluding carboxylic acids is 1. The number of amides is 1. The van der Waals surface area contributed by atoms with E-state index in [0.29, 0.717) is 17.7 Å². The number of rotatable bonds is 7. The Morgan fingerprint density at radius 1 is 0.951 bits per heavy atom. The maximum atomic E-state index is 13.4. The number of hydrogen-bond donors (Lipinski definition) is 1. The zero-order valence-electron chi connectivity index (χ0n) is 22.1. The Morgan fingerprint density at radius 3 is 2.07 bits per heavy atom. The van der Waals surface area contributed by atoms with Crippen molar-refractivity contribution in [2.75, 3.05) is 13.2 Å². The third-order valence-corrected chi connectivity index (χ3v) is 7.19. The molecule has 1 saturated heterocycles. The molecule has 0 radical (unpaired) electrons. The van der Waals surface area contributed by atoms with Gasteiger partial charge in [-0.05, 0) is 54.7 Å². The van der Waals surface area contributed by atoms with Gasteiger partial charge >= 0.3 is 18.4 Å². The lowest BCUT2D eigenvalue weighted by atomic mass is 9.80. The van der Waals surface area contributed by atoms with Crippen LogP contribution in [0, 0.1) is 0 Å². The quantitative estimate of drug-likeness (QED) is 0.294. The first-order valence-corrected chi connectivity index (χ1v) is 12.9. The van der Waals surface area contributed by atoms with Crippen molar-refractivity contribution in [3.63, 3.8) is 0 Å². The molecule has 3 atom stereocenters. The van der Waals surface area contributed by atoms with Crippen LogP contribution in [-0.4, -0.2) is 35.4 Å². The predicted molar refractivity (Wildman–Crippen MR) is 138 cm³/mol. The van der Waals surface area contributed by atoms with Gasteiger partial charge in [0, 0.05) is 0 Å². The summed E-state index contributed by atoms with van der Waals surface area (Å²) in [5, 5.41) is 10.5. The number of β-amino-alcohol motifs (C(OH)–C–C–N with tert-alkyl or cyclic N) is 1. The average Bonchev–Trinajstić information content (AvgIpc) is 2.95. The molecule has 3 aromatic rings. The molecule has 41 heavy (non-hydrogen) atoms. The normalized spacial score (nSPS) is 20.5. The molecule has 0 aliphatic carbocycles. The minimum atomic E-state index is -5.00. The van der Waals surface area contributed by atoms with Gasteiger partial charge in [0.2, 0.25) is 0 Å². The number of aliphatic hydroxyl groups is 1. The smallest absolute Gasteiger partial charge is 0.416 e. The number of aliphatic hydroxyl groups excluding tert-OH is 1. The van der Waals surface area contributed by atoms with Crippen LogP contribution < -0.4 is 0 Å². The standard InChI is InChI=1S/C30H29F6NO4/c1-20(22-14-24(29(31,32)33)16-25(15-22)30(34,35)36)41-19-28(23-10-6-3-7-11-23)13-12-26(38)17-37(28)27(39)40-18-21-8-4-2-5-9-21/h2-11,14-16,20,26,38H,12-13,17-19H2,1H3/t20-,26?,28-/m1/s1. The van der Waals surface area contributed by atoms with Crippen molar-refractivity contribution in [1.82, 2.24) is 4.90 Å². The zero-order chi connectivity index (χ0) is 29.8. The number of alkyl halides is 6. The van der Waals surface area contributed by atoms with E-state index in [0.717, 1.165) is 5.56 Å². The lowest BCUT2D eigenvalue weighted by Gasteiger charge is -2.48. The molecule has 3 aromatic carbocycles. The van der Waals surface area contributed by atoms with E-state index < -0.39 is 47.3 Å². The molecule has 1 fully saturated rings. The summed E-state index contributed by atoms with van der Waals surface area (Å²) in [6, 6.07) is 19.0. The Hall–Kier alpha value is -3.57. The number of hydrogen-bond acceptors (Lipinski definition) is 4. The summed E-state index contributed by atoms with van der Waals surface area (Å²) < 4.78 is 92.2. The van der Waals surface area contributed by atoms with Gasteiger partial charge in [0.25, 0.3) is 0 Å². The van der Waals surface area contributed by atoms with E-state index in [4.69, 9.17) is 9.47 Å². The summed E-state index contributed by atoms with van der Waals surface area (Å²) in [5.41, 5.74) is -3.06. The second kappa shape index (κ2) is 12.1. The summed E-state index contributed by atoms with van der Waals surface area (Å²) in [5.74, 6) is 0. The van der Waals surface area contributed by atoms with Gasteiger partial charge < -0.3 is 14.6 Å². The maximum absolute atomic E-state index is 13.4. The van der Waals surface area contributed by atoms with Gasteiger partial charge in [-0.25, -0.2) is 4.79 Å². The first-order chi connectivity index (χ1) is 19.3. The van der Waals surface area contributed by atoms with Crippen LogP contribution in [0.3, 0.4) is 0 Å². The summed E-state index contributed by atoms with van der Waals surface area (Å²) in [6.07, 6.45) is -12.3. The summed E-state index contributed by atoms with van der Waals surface area (Å²) in [6.45, 7) is 0.925. The van der Waals surface area contributed by atoms with Gasteiger partial charge in [-0.1, -0.05) is 60.7 Å². The van der Waals surface area contributed by atoms with E-state index in [1.807, 2.05) is 6.07 Å². The Labute approximate surface area is 233 Å². The third-order valence-electron chi connectivity index (χ3n) is 7.19. The molecule has 1 amide bonds. The molecule has 0 spiro atoms. The van der Waals surface area contributed by atoms with Crippen LogP contribution in [0.5, 0.6) is 0 Å². The maximum Gasteiger partial charge on any atom is 0.416 e. The first kappa shape index (κ1) is 30.4. The van der Waals surface area contributed by atoms with Crippen molar-refractivity contribution in [3.05, 3.63) is 107 Å². The molecule has 5 nitrogen and oxygen atoms in total. The zero-order valence-corrected chi connectivity index (χ0v) is 22.1. The molecule has 1 aliphatic heterocycles. The van der Waals surface area contributed by atoms with E-state index in [9.17, 15) is 36.2 Å². The summed E-state index contributed by atoms with van der Waals surface area (Å²) in [4.78, 5) is 14.8. The number of piperidine rings is 1. The molecule has 0 aromatic heterocycles. The molecule has 1 N–H and O–H groups in total. The summed E-state index contributed by atoms with van der Waals surface area (Å²) in [7, 11) is 0. The van der Waals surface area contributed by atoms with Gasteiger partial charge in [0.15, 0.2) is 0 Å². The minimum Gasteiger partial charge on any atom is -0.445 e. The number of ether oxygens (including phenoxy) is 2. The second-order valence-corrected chi connectivity index (χ2v) is 10.0. The van der Waals surface area contributed by atoms with Crippen molar-refractivity contribution in [3.8, 4) is 0 Å². The number of likely N-dealkylation sites (tertiary alicyclic amines) is 1. The predicted octanol–water partition coefficient (Wildman–Crippen LogP) is 7.49. The molecule has 1 aliphatic rings. The van der Waals surface area contributed by atoms with E-state index in [2.05, 4.69) is 0 Å². The molecular formula is C30H29F6NO4. The van der Waals surface area contributed by atoms with E-state index in [1.54, 1.807) is 54.6 Å². The number of nitrogens with zero attached hydrogens (tertiary/aromatic N) is 1. The molecule has 4 rings (SSSR count). The monoisotopic (exact) mass is 581 g/mol. The van der Waals surface area contributed by atoms with Gasteiger partial charge in [-0.3, -0.25) is 4.90 Å². The molecule has 11 heteroatoms. The highest BCUT2D eigenvalue weighted by Crippen LogP contribution is 2.41. The summed E-state index contributed by atoms with van der Waals surface area (Å²) >= 11 is 0. The fourth-order valence-electron chi connectivity index (χ4n) is 4.92. The van der Waals surface area contributed by atoms with E-state index >= 15 is 0 Å². The fourth-order valence-corrected chi connectivity index (χ4v) is 4.92. The highest BCUT2D eigenvalue weighted by molar-refractivity contribution is 5.69. The SMILES string of the molecule is C[C@@H](OC[C@@]1(c2ccccc2)CCC(O)CN1C(=O)OCc1ccccc1)c1cc(C(F)(F)F)cc(C(F)(F)F)c1. The van der Waals surface area contributed by atoms with Crippen LogP contribution in [0.1, 0.15) is 53.7 Å². The van der Waals surface area contributed by atoms with Gasteiger partial charge in [-0.15, -0.1) is 0 Å². The fraction of sp³-hybridized carbons (Fsp3) is 0.367. The van der Waals surface area contributed by atoms with Crippen molar-refractivity contribution < 1.29 is 45.7 Å². The third kappa shape index (κ3) is 7.20. The van der Waals surface area contributed by atoms with Crippen LogP contribution in [0.2, 0.25) is 0 Å².